The number of hydrogen-bond acceptors (Lipinski definition) is 2. The van der Waals surface area contributed by atoms with Crippen LogP contribution in [0.25, 0.3) is 0 Å². The topological polar surface area (TPSA) is 29.5 Å². The van der Waals surface area contributed by atoms with Gasteiger partial charge in [0, 0.05) is 18.9 Å². The maximum absolute atomic E-state index is 13.2. The lowest BCUT2D eigenvalue weighted by molar-refractivity contribution is -0.0555. The van der Waals surface area contributed by atoms with Gasteiger partial charge >= 0.3 is 6.09 Å². The highest BCUT2D eigenvalue weighted by atomic mass is 19.3. The van der Waals surface area contributed by atoms with Crippen molar-refractivity contribution in [2.24, 2.45) is 0 Å². The van der Waals surface area contributed by atoms with Crippen LogP contribution in [0.5, 0.6) is 0 Å². The molecule has 0 spiro atoms. The third kappa shape index (κ3) is 5.36. The van der Waals surface area contributed by atoms with Crippen LogP contribution >= 0.6 is 0 Å². The molecule has 20 heavy (non-hydrogen) atoms. The first-order chi connectivity index (χ1) is 9.14. The number of amides is 1. The zero-order chi connectivity index (χ0) is 15.4. The molecular formula is C15H23F2NO2. The molecule has 1 amide bonds. The Labute approximate surface area is 119 Å². The van der Waals surface area contributed by atoms with Crippen LogP contribution in [0, 0.1) is 11.8 Å². The van der Waals surface area contributed by atoms with E-state index in [-0.39, 0.29) is 38.3 Å². The van der Waals surface area contributed by atoms with E-state index in [1.807, 2.05) is 0 Å². The van der Waals surface area contributed by atoms with Gasteiger partial charge in [-0.3, -0.25) is 4.90 Å². The summed E-state index contributed by atoms with van der Waals surface area (Å²) in [5.41, 5.74) is -0.604. The van der Waals surface area contributed by atoms with Crippen molar-refractivity contribution < 1.29 is 18.3 Å². The predicted octanol–water partition coefficient (Wildman–Crippen LogP) is 3.82. The number of alkyl halides is 2. The van der Waals surface area contributed by atoms with Gasteiger partial charge in [-0.25, -0.2) is 13.6 Å². The Hall–Kier alpha value is -1.31. The number of hydrogen-bond donors (Lipinski definition) is 0. The largest absolute Gasteiger partial charge is 0.444 e. The van der Waals surface area contributed by atoms with Crippen molar-refractivity contribution in [3.05, 3.63) is 0 Å². The van der Waals surface area contributed by atoms with E-state index in [9.17, 15) is 13.6 Å². The highest BCUT2D eigenvalue weighted by molar-refractivity contribution is 5.69. The third-order valence-electron chi connectivity index (χ3n) is 3.18. The van der Waals surface area contributed by atoms with Gasteiger partial charge in [0.25, 0.3) is 0 Å². The Kier molecular flexibility index (Phi) is 5.38. The van der Waals surface area contributed by atoms with E-state index in [0.29, 0.717) is 0 Å². The molecule has 0 unspecified atom stereocenters. The number of nitrogens with zero attached hydrogens (tertiary/aromatic N) is 1. The fraction of sp³-hybridized carbons (Fsp3) is 0.800. The van der Waals surface area contributed by atoms with Crippen molar-refractivity contribution in [3.8, 4) is 11.8 Å². The smallest absolute Gasteiger partial charge is 0.411 e. The van der Waals surface area contributed by atoms with E-state index in [2.05, 4.69) is 11.8 Å². The molecule has 0 atom stereocenters. The second-order valence-electron chi connectivity index (χ2n) is 6.12. The number of halogens is 2. The van der Waals surface area contributed by atoms with Crippen LogP contribution in [-0.4, -0.2) is 35.1 Å². The van der Waals surface area contributed by atoms with Crippen molar-refractivity contribution in [3.63, 3.8) is 0 Å². The van der Waals surface area contributed by atoms with Gasteiger partial charge in [-0.05, 0) is 40.5 Å². The number of carbonyl (C=O) groups is 1. The van der Waals surface area contributed by atoms with Crippen LogP contribution in [0.2, 0.25) is 0 Å². The molecule has 0 heterocycles. The second kappa shape index (κ2) is 6.43. The van der Waals surface area contributed by atoms with E-state index in [0.717, 1.165) is 0 Å². The molecule has 0 N–H and O–H groups in total. The Morgan fingerprint density at radius 2 is 1.90 bits per heavy atom. The number of rotatable bonds is 2. The van der Waals surface area contributed by atoms with Crippen molar-refractivity contribution in [1.29, 1.82) is 0 Å². The molecular weight excluding hydrogens is 264 g/mol. The molecule has 1 saturated carbocycles. The number of ether oxygens (including phenoxy) is 1. The lowest BCUT2D eigenvalue weighted by Crippen LogP contribution is -2.46. The Morgan fingerprint density at radius 3 is 2.35 bits per heavy atom. The van der Waals surface area contributed by atoms with E-state index < -0.39 is 17.6 Å². The van der Waals surface area contributed by atoms with Crippen molar-refractivity contribution in [2.75, 3.05) is 6.54 Å². The van der Waals surface area contributed by atoms with Crippen LogP contribution < -0.4 is 0 Å². The van der Waals surface area contributed by atoms with Crippen molar-refractivity contribution in [2.45, 2.75) is 70.9 Å². The molecule has 1 aliphatic carbocycles. The maximum atomic E-state index is 13.2. The Balaban J connectivity index is 2.73. The zero-order valence-electron chi connectivity index (χ0n) is 12.6. The van der Waals surface area contributed by atoms with E-state index in [1.54, 1.807) is 27.7 Å². The summed E-state index contributed by atoms with van der Waals surface area (Å²) < 4.78 is 31.7. The quantitative estimate of drug-likeness (QED) is 0.722. The van der Waals surface area contributed by atoms with E-state index in [4.69, 9.17) is 4.74 Å². The van der Waals surface area contributed by atoms with E-state index >= 15 is 0 Å². The molecule has 0 aromatic heterocycles. The van der Waals surface area contributed by atoms with Gasteiger partial charge in [0.15, 0.2) is 0 Å². The molecule has 0 bridgehead atoms. The van der Waals surface area contributed by atoms with Crippen LogP contribution in [0.4, 0.5) is 13.6 Å². The summed E-state index contributed by atoms with van der Waals surface area (Å²) in [6, 6.07) is -0.217. The van der Waals surface area contributed by atoms with E-state index in [1.165, 1.54) is 4.90 Å². The SMILES string of the molecule is CC#CCN(C(=O)OC(C)(C)C)C1CCC(F)(F)CC1. The molecule has 3 nitrogen and oxygen atoms in total. The average Bonchev–Trinajstić information content (AvgIpc) is 2.29. The van der Waals surface area contributed by atoms with Gasteiger partial charge in [0.05, 0.1) is 6.54 Å². The zero-order valence-corrected chi connectivity index (χ0v) is 12.6. The minimum Gasteiger partial charge on any atom is -0.444 e. The van der Waals surface area contributed by atoms with Crippen LogP contribution in [0.3, 0.4) is 0 Å². The minimum atomic E-state index is -2.60. The Morgan fingerprint density at radius 1 is 1.35 bits per heavy atom. The summed E-state index contributed by atoms with van der Waals surface area (Å²) in [7, 11) is 0. The molecule has 0 aromatic carbocycles. The molecule has 0 aliphatic heterocycles. The Bertz CT molecular complexity index is 394. The summed E-state index contributed by atoms with van der Waals surface area (Å²) in [4.78, 5) is 13.7. The second-order valence-corrected chi connectivity index (χ2v) is 6.12. The highest BCUT2D eigenvalue weighted by Crippen LogP contribution is 2.35. The predicted molar refractivity (Wildman–Crippen MR) is 73.6 cm³/mol. The molecule has 114 valence electrons. The molecule has 0 aromatic rings. The van der Waals surface area contributed by atoms with Gasteiger partial charge < -0.3 is 4.74 Å². The normalized spacial score (nSPS) is 18.9. The van der Waals surface area contributed by atoms with Crippen LogP contribution in [0.15, 0.2) is 0 Å². The van der Waals surface area contributed by atoms with Crippen molar-refractivity contribution >= 4 is 6.09 Å². The fourth-order valence-corrected chi connectivity index (χ4v) is 2.16. The first-order valence-electron chi connectivity index (χ1n) is 6.92. The lowest BCUT2D eigenvalue weighted by atomic mass is 9.91. The van der Waals surface area contributed by atoms with Gasteiger partial charge in [-0.15, -0.1) is 5.92 Å². The lowest BCUT2D eigenvalue weighted by Gasteiger charge is -2.36. The summed E-state index contributed by atoms with van der Waals surface area (Å²) >= 11 is 0. The number of carbonyl (C=O) groups excluding carboxylic acids is 1. The molecule has 1 rings (SSSR count). The van der Waals surface area contributed by atoms with Crippen LogP contribution in [0.1, 0.15) is 53.4 Å². The first kappa shape index (κ1) is 16.7. The molecule has 0 radical (unpaired) electrons. The first-order valence-corrected chi connectivity index (χ1v) is 6.92. The summed E-state index contributed by atoms with van der Waals surface area (Å²) in [5.74, 6) is 2.94. The summed E-state index contributed by atoms with van der Waals surface area (Å²) in [6.45, 7) is 7.25. The highest BCUT2D eigenvalue weighted by Gasteiger charge is 2.38. The van der Waals surface area contributed by atoms with Gasteiger partial charge in [0.1, 0.15) is 5.60 Å². The van der Waals surface area contributed by atoms with Gasteiger partial charge in [0.2, 0.25) is 5.92 Å². The molecule has 1 aliphatic rings. The average molecular weight is 287 g/mol. The fourth-order valence-electron chi connectivity index (χ4n) is 2.16. The maximum Gasteiger partial charge on any atom is 0.411 e. The summed E-state index contributed by atoms with van der Waals surface area (Å²) in [6.07, 6.45) is -0.266. The third-order valence-corrected chi connectivity index (χ3v) is 3.18. The minimum absolute atomic E-state index is 0.184. The van der Waals surface area contributed by atoms with Gasteiger partial charge in [-0.2, -0.15) is 0 Å². The standard InChI is InChI=1S/C15H23F2NO2/c1-5-6-11-18(13(19)20-14(2,3)4)12-7-9-15(16,17)10-8-12/h12H,7-11H2,1-4H3. The molecule has 5 heteroatoms. The molecule has 0 saturated heterocycles. The van der Waals surface area contributed by atoms with Crippen LogP contribution in [-0.2, 0) is 4.74 Å². The monoisotopic (exact) mass is 287 g/mol. The van der Waals surface area contributed by atoms with Crippen molar-refractivity contribution in [1.82, 2.24) is 4.90 Å². The summed E-state index contributed by atoms with van der Waals surface area (Å²) in [5, 5.41) is 0. The molecule has 1 fully saturated rings. The van der Waals surface area contributed by atoms with Gasteiger partial charge in [-0.1, -0.05) is 5.92 Å².